The van der Waals surface area contributed by atoms with E-state index in [4.69, 9.17) is 5.41 Å². The Labute approximate surface area is 129 Å². The van der Waals surface area contributed by atoms with Gasteiger partial charge in [0.25, 0.3) is 5.91 Å². The Hall–Kier alpha value is -2.12. The molecule has 7 heteroatoms. The van der Waals surface area contributed by atoms with Gasteiger partial charge in [-0.3, -0.25) is 4.79 Å². The van der Waals surface area contributed by atoms with Gasteiger partial charge in [-0.1, -0.05) is 5.10 Å². The van der Waals surface area contributed by atoms with E-state index in [1.165, 1.54) is 11.6 Å². The molecular weight excluding hydrogens is 282 g/mol. The highest BCUT2D eigenvalue weighted by Gasteiger charge is 2.30. The number of amides is 1. The molecule has 1 amide bonds. The van der Waals surface area contributed by atoms with Crippen LogP contribution in [0.4, 0.5) is 5.69 Å². The molecule has 0 spiro atoms. The molecule has 0 saturated carbocycles. The summed E-state index contributed by atoms with van der Waals surface area (Å²) in [5.41, 5.74) is 3.26. The van der Waals surface area contributed by atoms with E-state index in [9.17, 15) is 9.90 Å². The van der Waals surface area contributed by atoms with Gasteiger partial charge in [-0.25, -0.2) is 4.98 Å². The number of nitrogens with two attached hydrogens (primary N) is 1. The number of hydrogen-bond acceptors (Lipinski definition) is 5. The number of nitrogens with one attached hydrogen (secondary N) is 1. The normalized spacial score (nSPS) is 18.6. The standard InChI is InChI=1S/C15H21N5O2/c1-11-5-6-13(19-17-8-7-16)14(18-11)15(22)20-9-3-2-4-12(20)10-21/h5-8,12,16,19,21H,2-4,9-10H2,1H3/p+1/b16-7?,17-8-/t12-/m0/s1. The van der Waals surface area contributed by atoms with Crippen molar-refractivity contribution in [3.8, 4) is 0 Å². The minimum atomic E-state index is -0.168. The number of nitrogens with zero attached hydrogens (tertiary/aromatic N) is 3. The van der Waals surface area contributed by atoms with Crippen molar-refractivity contribution in [2.45, 2.75) is 32.2 Å². The number of aryl methyl sites for hydroxylation is 1. The Kier molecular flexibility index (Phi) is 5.74. The van der Waals surface area contributed by atoms with Crippen LogP contribution in [0.5, 0.6) is 0 Å². The van der Waals surface area contributed by atoms with Gasteiger partial charge in [0.2, 0.25) is 0 Å². The van der Waals surface area contributed by atoms with Gasteiger partial charge in [0.15, 0.2) is 11.4 Å². The number of carbonyl (C=O) groups excluding carboxylic acids is 1. The van der Waals surface area contributed by atoms with Crippen molar-refractivity contribution < 1.29 is 15.3 Å². The Bertz CT molecular complexity index is 573. The zero-order valence-corrected chi connectivity index (χ0v) is 12.7. The summed E-state index contributed by atoms with van der Waals surface area (Å²) in [5, 5.41) is 20.4. The van der Waals surface area contributed by atoms with Crippen molar-refractivity contribution >= 4 is 24.0 Å². The van der Waals surface area contributed by atoms with Crippen LogP contribution >= 0.6 is 0 Å². The lowest BCUT2D eigenvalue weighted by Crippen LogP contribution is -2.72. The molecular formula is C15H22N5O2+. The molecule has 0 aliphatic carbocycles. The van der Waals surface area contributed by atoms with Gasteiger partial charge in [-0.2, -0.15) is 5.43 Å². The van der Waals surface area contributed by atoms with Crippen molar-refractivity contribution in [3.63, 3.8) is 0 Å². The van der Waals surface area contributed by atoms with E-state index in [1.54, 1.807) is 11.0 Å². The van der Waals surface area contributed by atoms with Crippen LogP contribution in [-0.2, 0) is 0 Å². The van der Waals surface area contributed by atoms with E-state index in [1.807, 2.05) is 13.0 Å². The van der Waals surface area contributed by atoms with Crippen LogP contribution in [0.25, 0.3) is 0 Å². The third kappa shape index (κ3) is 3.75. The van der Waals surface area contributed by atoms with E-state index in [0.717, 1.165) is 31.2 Å². The van der Waals surface area contributed by atoms with Crippen LogP contribution in [0.2, 0.25) is 0 Å². The molecule has 1 atom stereocenters. The molecule has 0 aromatic carbocycles. The maximum Gasteiger partial charge on any atom is 0.279 e. The molecule has 0 unspecified atom stereocenters. The Morgan fingerprint density at radius 2 is 2.41 bits per heavy atom. The molecule has 1 aromatic rings. The summed E-state index contributed by atoms with van der Waals surface area (Å²) >= 11 is 0. The molecule has 1 aliphatic rings. The van der Waals surface area contributed by atoms with E-state index in [2.05, 4.69) is 10.1 Å². The largest absolute Gasteiger partial charge is 0.394 e. The maximum absolute atomic E-state index is 12.8. The molecule has 7 nitrogen and oxygen atoms in total. The minimum Gasteiger partial charge on any atom is -0.394 e. The molecule has 0 radical (unpaired) electrons. The summed E-state index contributed by atoms with van der Waals surface area (Å²) in [5.74, 6) is -0.168. The zero-order chi connectivity index (χ0) is 15.9. The maximum atomic E-state index is 12.8. The second kappa shape index (κ2) is 7.77. The summed E-state index contributed by atoms with van der Waals surface area (Å²) < 4.78 is 0. The average Bonchev–Trinajstić information content (AvgIpc) is 2.55. The van der Waals surface area contributed by atoms with Crippen molar-refractivity contribution in [1.29, 1.82) is 5.41 Å². The molecule has 1 aliphatic heterocycles. The monoisotopic (exact) mass is 304 g/mol. The van der Waals surface area contributed by atoms with Crippen LogP contribution in [0, 0.1) is 12.3 Å². The first-order chi connectivity index (χ1) is 10.7. The highest BCUT2D eigenvalue weighted by Crippen LogP contribution is 2.20. The lowest BCUT2D eigenvalue weighted by molar-refractivity contribution is -0.577. The van der Waals surface area contributed by atoms with Crippen LogP contribution in [-0.4, -0.2) is 52.5 Å². The van der Waals surface area contributed by atoms with Crippen LogP contribution in [0.1, 0.15) is 35.4 Å². The molecule has 4 N–H and O–H groups in total. The highest BCUT2D eigenvalue weighted by molar-refractivity contribution is 6.14. The summed E-state index contributed by atoms with van der Waals surface area (Å²) in [6, 6.07) is 3.48. The first kappa shape index (κ1) is 16.3. The quantitative estimate of drug-likeness (QED) is 0.411. The van der Waals surface area contributed by atoms with Gasteiger partial charge < -0.3 is 15.4 Å². The fourth-order valence-electron chi connectivity index (χ4n) is 2.60. The summed E-state index contributed by atoms with van der Waals surface area (Å²) in [4.78, 5) is 18.9. The SMILES string of the molecule is Cc1ccc([NH2+]/N=C\C=N)c(C(=O)N2CCCC[C@H]2CO)n1. The number of hydrogen-bond donors (Lipinski definition) is 3. The fourth-order valence-corrected chi connectivity index (χ4v) is 2.60. The van der Waals surface area contributed by atoms with Crippen LogP contribution in [0.15, 0.2) is 17.2 Å². The third-order valence-electron chi connectivity index (χ3n) is 3.74. The highest BCUT2D eigenvalue weighted by atomic mass is 16.3. The number of aliphatic hydroxyl groups excluding tert-OH is 1. The van der Waals surface area contributed by atoms with Crippen molar-refractivity contribution in [2.24, 2.45) is 5.10 Å². The van der Waals surface area contributed by atoms with Gasteiger partial charge in [0, 0.05) is 24.5 Å². The van der Waals surface area contributed by atoms with Crippen LogP contribution < -0.4 is 5.43 Å². The van der Waals surface area contributed by atoms with Crippen molar-refractivity contribution in [3.05, 3.63) is 23.5 Å². The molecule has 1 saturated heterocycles. The summed E-state index contributed by atoms with van der Waals surface area (Å²) in [6.45, 7) is 2.45. The van der Waals surface area contributed by atoms with Gasteiger partial charge in [-0.15, -0.1) is 0 Å². The first-order valence-electron chi connectivity index (χ1n) is 7.42. The van der Waals surface area contributed by atoms with E-state index in [0.29, 0.717) is 17.9 Å². The van der Waals surface area contributed by atoms with Crippen molar-refractivity contribution in [2.75, 3.05) is 13.2 Å². The van der Waals surface area contributed by atoms with Gasteiger partial charge >= 0.3 is 0 Å². The fraction of sp³-hybridized carbons (Fsp3) is 0.467. The van der Waals surface area contributed by atoms with E-state index < -0.39 is 0 Å². The number of piperidine rings is 1. The van der Waals surface area contributed by atoms with E-state index >= 15 is 0 Å². The number of rotatable bonds is 5. The minimum absolute atomic E-state index is 0.0252. The zero-order valence-electron chi connectivity index (χ0n) is 12.7. The van der Waals surface area contributed by atoms with Crippen molar-refractivity contribution in [1.82, 2.24) is 9.88 Å². The number of aliphatic hydroxyl groups is 1. The average molecular weight is 304 g/mol. The van der Waals surface area contributed by atoms with Gasteiger partial charge in [0.1, 0.15) is 6.21 Å². The topological polar surface area (TPSA) is 106 Å². The predicted octanol–water partition coefficient (Wildman–Crippen LogP) is 0.207. The lowest BCUT2D eigenvalue weighted by Gasteiger charge is -2.34. The molecule has 2 heterocycles. The van der Waals surface area contributed by atoms with Crippen LogP contribution in [0.3, 0.4) is 0 Å². The second-order valence-corrected chi connectivity index (χ2v) is 5.32. The number of aromatic nitrogens is 1. The number of quaternary nitrogens is 1. The second-order valence-electron chi connectivity index (χ2n) is 5.32. The smallest absolute Gasteiger partial charge is 0.279 e. The Balaban J connectivity index is 2.28. The number of likely N-dealkylation sites (tertiary alicyclic amines) is 1. The third-order valence-corrected chi connectivity index (χ3v) is 3.74. The van der Waals surface area contributed by atoms with E-state index in [-0.39, 0.29) is 18.6 Å². The molecule has 1 fully saturated rings. The molecule has 0 bridgehead atoms. The lowest BCUT2D eigenvalue weighted by atomic mass is 10.0. The summed E-state index contributed by atoms with van der Waals surface area (Å²) in [7, 11) is 0. The molecule has 1 aromatic heterocycles. The number of carbonyl (C=O) groups is 1. The Morgan fingerprint density at radius 3 is 3.14 bits per heavy atom. The molecule has 22 heavy (non-hydrogen) atoms. The summed E-state index contributed by atoms with van der Waals surface area (Å²) in [6.07, 6.45) is 5.20. The molecule has 2 rings (SSSR count). The predicted molar refractivity (Wildman–Crippen MR) is 83.6 cm³/mol. The number of pyridine rings is 1. The van der Waals surface area contributed by atoms with Gasteiger partial charge in [-0.05, 0) is 32.3 Å². The van der Waals surface area contributed by atoms with Gasteiger partial charge in [0.05, 0.1) is 12.6 Å². The first-order valence-corrected chi connectivity index (χ1v) is 7.42. The molecule has 118 valence electrons. The Morgan fingerprint density at radius 1 is 1.59 bits per heavy atom.